The first-order valence-electron chi connectivity index (χ1n) is 6.42. The van der Waals surface area contributed by atoms with Crippen molar-refractivity contribution in [2.24, 2.45) is 5.92 Å². The molecule has 0 N–H and O–H groups in total. The number of nitrogens with zero attached hydrogens (tertiary/aromatic N) is 1. The van der Waals surface area contributed by atoms with Crippen LogP contribution in [-0.4, -0.2) is 24.5 Å². The highest BCUT2D eigenvalue weighted by Crippen LogP contribution is 2.35. The van der Waals surface area contributed by atoms with Gasteiger partial charge in [-0.25, -0.2) is 4.79 Å². The predicted molar refractivity (Wildman–Crippen MR) is 71.0 cm³/mol. The van der Waals surface area contributed by atoms with E-state index in [1.165, 1.54) is 0 Å². The Morgan fingerprint density at radius 3 is 2.42 bits per heavy atom. The average Bonchev–Trinajstić information content (AvgIpc) is 3.17. The Labute approximate surface area is 116 Å². The van der Waals surface area contributed by atoms with Crippen LogP contribution in [-0.2, 0) is 14.3 Å². The zero-order chi connectivity index (χ0) is 13.4. The van der Waals surface area contributed by atoms with Crippen LogP contribution in [0.3, 0.4) is 0 Å². The number of carbonyl (C=O) groups excluding carboxylic acids is 2. The molecule has 0 aromatic heterocycles. The molecular weight excluding hydrogens is 266 g/mol. The van der Waals surface area contributed by atoms with Crippen molar-refractivity contribution in [3.8, 4) is 0 Å². The monoisotopic (exact) mass is 279 g/mol. The number of ether oxygens (including phenoxy) is 1. The van der Waals surface area contributed by atoms with E-state index in [1.54, 1.807) is 29.2 Å². The maximum Gasteiger partial charge on any atom is 0.329 e. The van der Waals surface area contributed by atoms with Crippen molar-refractivity contribution in [1.29, 1.82) is 0 Å². The van der Waals surface area contributed by atoms with Crippen molar-refractivity contribution in [2.75, 3.05) is 11.5 Å². The van der Waals surface area contributed by atoms with Crippen LogP contribution in [0.15, 0.2) is 24.3 Å². The van der Waals surface area contributed by atoms with Crippen LogP contribution in [0.2, 0.25) is 5.02 Å². The lowest BCUT2D eigenvalue weighted by molar-refractivity contribution is -0.140. The lowest BCUT2D eigenvalue weighted by Gasteiger charge is -2.26. The van der Waals surface area contributed by atoms with E-state index in [0.717, 1.165) is 12.8 Å². The van der Waals surface area contributed by atoms with E-state index in [4.69, 9.17) is 16.3 Å². The molecular formula is C14H14ClNO3. The van der Waals surface area contributed by atoms with Crippen molar-refractivity contribution < 1.29 is 14.3 Å². The molecule has 1 amide bonds. The minimum atomic E-state index is -0.491. The number of cyclic esters (lactones) is 1. The molecule has 100 valence electrons. The second-order valence-corrected chi connectivity index (χ2v) is 5.37. The molecule has 1 atom stereocenters. The molecule has 2 fully saturated rings. The first kappa shape index (κ1) is 12.5. The molecule has 0 spiro atoms. The summed E-state index contributed by atoms with van der Waals surface area (Å²) in [5.41, 5.74) is 0.713. The highest BCUT2D eigenvalue weighted by Gasteiger charge is 2.41. The molecule has 0 radical (unpaired) electrons. The van der Waals surface area contributed by atoms with Crippen LogP contribution in [0.1, 0.15) is 19.3 Å². The third-order valence-electron chi connectivity index (χ3n) is 3.49. The summed E-state index contributed by atoms with van der Waals surface area (Å²) in [6.45, 7) is 0.380. The zero-order valence-corrected chi connectivity index (χ0v) is 11.1. The van der Waals surface area contributed by atoms with Crippen molar-refractivity contribution >= 4 is 29.2 Å². The number of amides is 1. The Bertz CT molecular complexity index is 510. The average molecular weight is 280 g/mol. The SMILES string of the molecule is O=C1OCCC1N(C(=O)C1CC1)c1ccc(Cl)cc1. The van der Waals surface area contributed by atoms with Gasteiger partial charge in [-0.2, -0.15) is 0 Å². The van der Waals surface area contributed by atoms with E-state index in [0.29, 0.717) is 23.7 Å². The molecule has 1 unspecified atom stereocenters. The smallest absolute Gasteiger partial charge is 0.329 e. The fraction of sp³-hybridized carbons (Fsp3) is 0.429. The van der Waals surface area contributed by atoms with Gasteiger partial charge in [-0.15, -0.1) is 0 Å². The molecule has 3 rings (SSSR count). The van der Waals surface area contributed by atoms with E-state index in [-0.39, 0.29) is 17.8 Å². The Morgan fingerprint density at radius 2 is 1.89 bits per heavy atom. The van der Waals surface area contributed by atoms with E-state index in [2.05, 4.69) is 0 Å². The van der Waals surface area contributed by atoms with E-state index < -0.39 is 6.04 Å². The largest absolute Gasteiger partial charge is 0.464 e. The number of hydrogen-bond donors (Lipinski definition) is 0. The molecule has 1 aliphatic carbocycles. The summed E-state index contributed by atoms with van der Waals surface area (Å²) in [5.74, 6) is -0.237. The van der Waals surface area contributed by atoms with Crippen LogP contribution >= 0.6 is 11.6 Å². The summed E-state index contributed by atoms with van der Waals surface area (Å²) < 4.78 is 4.98. The Kier molecular flexibility index (Phi) is 3.19. The molecule has 4 nitrogen and oxygen atoms in total. The lowest BCUT2D eigenvalue weighted by atomic mass is 10.1. The van der Waals surface area contributed by atoms with Gasteiger partial charge in [0, 0.05) is 23.0 Å². The van der Waals surface area contributed by atoms with Gasteiger partial charge in [0.1, 0.15) is 6.04 Å². The van der Waals surface area contributed by atoms with Crippen LogP contribution in [0, 0.1) is 5.92 Å². The quantitative estimate of drug-likeness (QED) is 0.798. The summed E-state index contributed by atoms with van der Waals surface area (Å²) in [5, 5.41) is 0.608. The summed E-state index contributed by atoms with van der Waals surface area (Å²) in [6, 6.07) is 6.51. The highest BCUT2D eigenvalue weighted by atomic mass is 35.5. The predicted octanol–water partition coefficient (Wildman–Crippen LogP) is 2.40. The maximum atomic E-state index is 12.4. The number of carbonyl (C=O) groups is 2. The minimum absolute atomic E-state index is 0.0196. The Balaban J connectivity index is 1.93. The molecule has 0 bridgehead atoms. The third-order valence-corrected chi connectivity index (χ3v) is 3.74. The van der Waals surface area contributed by atoms with Crippen LogP contribution in [0.25, 0.3) is 0 Å². The number of halogens is 1. The van der Waals surface area contributed by atoms with Gasteiger partial charge in [0.05, 0.1) is 6.61 Å². The first-order valence-corrected chi connectivity index (χ1v) is 6.80. The number of benzene rings is 1. The zero-order valence-electron chi connectivity index (χ0n) is 10.3. The highest BCUT2D eigenvalue weighted by molar-refractivity contribution is 6.30. The van der Waals surface area contributed by atoms with Gasteiger partial charge in [-0.3, -0.25) is 9.69 Å². The topological polar surface area (TPSA) is 46.6 Å². The van der Waals surface area contributed by atoms with Crippen molar-refractivity contribution in [2.45, 2.75) is 25.3 Å². The molecule has 1 heterocycles. The standard InChI is InChI=1S/C14H14ClNO3/c15-10-3-5-11(6-4-10)16(13(17)9-1-2-9)12-7-8-19-14(12)18/h3-6,9,12H,1-2,7-8H2. The molecule has 19 heavy (non-hydrogen) atoms. The summed E-state index contributed by atoms with van der Waals surface area (Å²) in [7, 11) is 0. The minimum Gasteiger partial charge on any atom is -0.464 e. The second kappa shape index (κ2) is 4.85. The summed E-state index contributed by atoms with van der Waals surface area (Å²) in [4.78, 5) is 25.8. The molecule has 1 aromatic carbocycles. The summed E-state index contributed by atoms with van der Waals surface area (Å²) in [6.07, 6.45) is 2.37. The van der Waals surface area contributed by atoms with Gasteiger partial charge in [0.2, 0.25) is 5.91 Å². The number of esters is 1. The fourth-order valence-electron chi connectivity index (χ4n) is 2.31. The van der Waals surface area contributed by atoms with Gasteiger partial charge >= 0.3 is 5.97 Å². The van der Waals surface area contributed by atoms with Gasteiger partial charge in [0.25, 0.3) is 0 Å². The van der Waals surface area contributed by atoms with Crippen molar-refractivity contribution in [3.63, 3.8) is 0 Å². The van der Waals surface area contributed by atoms with Crippen molar-refractivity contribution in [3.05, 3.63) is 29.3 Å². The Morgan fingerprint density at radius 1 is 1.21 bits per heavy atom. The van der Waals surface area contributed by atoms with E-state index >= 15 is 0 Å². The van der Waals surface area contributed by atoms with Gasteiger partial charge in [-0.1, -0.05) is 11.6 Å². The lowest BCUT2D eigenvalue weighted by Crippen LogP contribution is -2.44. The van der Waals surface area contributed by atoms with Crippen LogP contribution in [0.5, 0.6) is 0 Å². The third kappa shape index (κ3) is 2.45. The number of anilines is 1. The number of rotatable bonds is 3. The van der Waals surface area contributed by atoms with E-state index in [1.807, 2.05) is 0 Å². The molecule has 1 aromatic rings. The van der Waals surface area contributed by atoms with Crippen LogP contribution in [0.4, 0.5) is 5.69 Å². The second-order valence-electron chi connectivity index (χ2n) is 4.93. The van der Waals surface area contributed by atoms with Crippen molar-refractivity contribution in [1.82, 2.24) is 0 Å². The van der Waals surface area contributed by atoms with Gasteiger partial charge in [-0.05, 0) is 37.1 Å². The van der Waals surface area contributed by atoms with Gasteiger partial charge < -0.3 is 4.74 Å². The fourth-order valence-corrected chi connectivity index (χ4v) is 2.44. The first-order chi connectivity index (χ1) is 9.16. The molecule has 1 aliphatic heterocycles. The van der Waals surface area contributed by atoms with Crippen LogP contribution < -0.4 is 4.90 Å². The maximum absolute atomic E-state index is 12.4. The number of hydrogen-bond acceptors (Lipinski definition) is 3. The molecule has 1 saturated heterocycles. The summed E-state index contributed by atoms with van der Waals surface area (Å²) >= 11 is 5.86. The molecule has 2 aliphatic rings. The normalized spacial score (nSPS) is 22.2. The Hall–Kier alpha value is -1.55. The van der Waals surface area contributed by atoms with E-state index in [9.17, 15) is 9.59 Å². The van der Waals surface area contributed by atoms with Gasteiger partial charge in [0.15, 0.2) is 0 Å². The molecule has 5 heteroatoms. The molecule has 1 saturated carbocycles.